The van der Waals surface area contributed by atoms with Gasteiger partial charge in [0.1, 0.15) is 0 Å². The standard InChI is InChI=1S/C19H30N2.C2H2O4/c1-17-8-6-7-9-18(17)16-20-12-14-21(15-13-20)19-10-4-2-3-5-11-19;3-1(4)2(5)6/h6-9,19H,2-5,10-16H2,1H3;(H,3,4)(H,5,6). The Morgan fingerprint density at radius 1 is 0.926 bits per heavy atom. The van der Waals surface area contributed by atoms with E-state index < -0.39 is 11.9 Å². The van der Waals surface area contributed by atoms with E-state index in [0.717, 1.165) is 12.6 Å². The van der Waals surface area contributed by atoms with Gasteiger partial charge in [-0.15, -0.1) is 0 Å². The minimum absolute atomic E-state index is 0.883. The molecule has 0 unspecified atom stereocenters. The highest BCUT2D eigenvalue weighted by molar-refractivity contribution is 6.27. The van der Waals surface area contributed by atoms with E-state index in [1.54, 1.807) is 0 Å². The lowest BCUT2D eigenvalue weighted by Gasteiger charge is -2.39. The normalized spacial score (nSPS) is 19.6. The van der Waals surface area contributed by atoms with Crippen LogP contribution in [0.3, 0.4) is 0 Å². The molecule has 1 saturated carbocycles. The monoisotopic (exact) mass is 376 g/mol. The summed E-state index contributed by atoms with van der Waals surface area (Å²) in [5.74, 6) is -3.65. The lowest BCUT2D eigenvalue weighted by molar-refractivity contribution is -0.159. The van der Waals surface area contributed by atoms with Crippen LogP contribution < -0.4 is 0 Å². The van der Waals surface area contributed by atoms with Gasteiger partial charge in [0.05, 0.1) is 0 Å². The number of rotatable bonds is 3. The maximum atomic E-state index is 9.10. The number of benzene rings is 1. The van der Waals surface area contributed by atoms with E-state index in [1.165, 1.54) is 75.8 Å². The highest BCUT2D eigenvalue weighted by Crippen LogP contribution is 2.23. The van der Waals surface area contributed by atoms with Gasteiger partial charge in [0, 0.05) is 38.8 Å². The lowest BCUT2D eigenvalue weighted by atomic mass is 10.1. The number of hydrogen-bond donors (Lipinski definition) is 2. The van der Waals surface area contributed by atoms with Crippen LogP contribution in [-0.2, 0) is 16.1 Å². The number of aryl methyl sites for hydroxylation is 1. The molecule has 2 N–H and O–H groups in total. The molecular weight excluding hydrogens is 344 g/mol. The first-order valence-electron chi connectivity index (χ1n) is 9.94. The molecule has 150 valence electrons. The third-order valence-electron chi connectivity index (χ3n) is 5.59. The van der Waals surface area contributed by atoms with Crippen molar-refractivity contribution in [2.45, 2.75) is 58.0 Å². The molecular formula is C21H32N2O4. The molecule has 27 heavy (non-hydrogen) atoms. The molecule has 0 atom stereocenters. The van der Waals surface area contributed by atoms with Gasteiger partial charge >= 0.3 is 11.9 Å². The summed E-state index contributed by atoms with van der Waals surface area (Å²) in [4.78, 5) is 23.6. The largest absolute Gasteiger partial charge is 0.473 e. The number of hydrogen-bond acceptors (Lipinski definition) is 4. The van der Waals surface area contributed by atoms with Crippen LogP contribution in [0.15, 0.2) is 24.3 Å². The highest BCUT2D eigenvalue weighted by Gasteiger charge is 2.24. The Kier molecular flexibility index (Phi) is 8.75. The van der Waals surface area contributed by atoms with Crippen LogP contribution in [0.2, 0.25) is 0 Å². The van der Waals surface area contributed by atoms with Crippen molar-refractivity contribution >= 4 is 11.9 Å². The molecule has 1 aromatic rings. The van der Waals surface area contributed by atoms with Crippen LogP contribution >= 0.6 is 0 Å². The van der Waals surface area contributed by atoms with E-state index in [2.05, 4.69) is 41.0 Å². The van der Waals surface area contributed by atoms with Gasteiger partial charge in [-0.25, -0.2) is 9.59 Å². The van der Waals surface area contributed by atoms with Gasteiger partial charge in [0.2, 0.25) is 0 Å². The molecule has 6 nitrogen and oxygen atoms in total. The number of carbonyl (C=O) groups is 2. The van der Waals surface area contributed by atoms with Crippen molar-refractivity contribution in [2.75, 3.05) is 26.2 Å². The average molecular weight is 376 g/mol. The summed E-state index contributed by atoms with van der Waals surface area (Å²) in [5.41, 5.74) is 2.93. The van der Waals surface area contributed by atoms with E-state index in [1.807, 2.05) is 0 Å². The molecule has 6 heteroatoms. The summed E-state index contributed by atoms with van der Waals surface area (Å²) in [6, 6.07) is 9.71. The summed E-state index contributed by atoms with van der Waals surface area (Å²) < 4.78 is 0. The predicted octanol–water partition coefficient (Wildman–Crippen LogP) is 2.99. The van der Waals surface area contributed by atoms with Gasteiger partial charge in [0.25, 0.3) is 0 Å². The quantitative estimate of drug-likeness (QED) is 0.623. The zero-order valence-electron chi connectivity index (χ0n) is 16.3. The predicted molar refractivity (Wildman–Crippen MR) is 105 cm³/mol. The van der Waals surface area contributed by atoms with Crippen LogP contribution in [0.5, 0.6) is 0 Å². The molecule has 1 saturated heterocycles. The zero-order chi connectivity index (χ0) is 19.6. The third-order valence-corrected chi connectivity index (χ3v) is 5.59. The van der Waals surface area contributed by atoms with Gasteiger partial charge < -0.3 is 10.2 Å². The first-order chi connectivity index (χ1) is 13.0. The van der Waals surface area contributed by atoms with E-state index in [0.29, 0.717) is 0 Å². The van der Waals surface area contributed by atoms with Gasteiger partial charge in [-0.3, -0.25) is 9.80 Å². The molecule has 1 heterocycles. The van der Waals surface area contributed by atoms with E-state index in [4.69, 9.17) is 19.8 Å². The third kappa shape index (κ3) is 7.31. The fraction of sp³-hybridized carbons (Fsp3) is 0.619. The first-order valence-corrected chi connectivity index (χ1v) is 9.94. The molecule has 0 bridgehead atoms. The Bertz CT molecular complexity index is 592. The van der Waals surface area contributed by atoms with E-state index in [-0.39, 0.29) is 0 Å². The second kappa shape index (κ2) is 11.0. The van der Waals surface area contributed by atoms with Crippen molar-refractivity contribution in [1.82, 2.24) is 9.80 Å². The summed E-state index contributed by atoms with van der Waals surface area (Å²) in [6.45, 7) is 8.39. The Labute approximate surface area is 161 Å². The molecule has 1 aliphatic carbocycles. The minimum Gasteiger partial charge on any atom is -0.473 e. The average Bonchev–Trinajstić information content (AvgIpc) is 2.94. The van der Waals surface area contributed by atoms with Crippen molar-refractivity contribution in [1.29, 1.82) is 0 Å². The van der Waals surface area contributed by atoms with Crippen LogP contribution in [0.1, 0.15) is 49.7 Å². The second-order valence-corrected chi connectivity index (χ2v) is 7.49. The Balaban J connectivity index is 0.000000380. The van der Waals surface area contributed by atoms with E-state index >= 15 is 0 Å². The van der Waals surface area contributed by atoms with Crippen molar-refractivity contribution in [3.63, 3.8) is 0 Å². The lowest BCUT2D eigenvalue weighted by Crippen LogP contribution is -2.49. The van der Waals surface area contributed by atoms with Gasteiger partial charge in [0.15, 0.2) is 0 Å². The Hall–Kier alpha value is -1.92. The van der Waals surface area contributed by atoms with Crippen LogP contribution in [-0.4, -0.2) is 64.2 Å². The zero-order valence-corrected chi connectivity index (χ0v) is 16.3. The van der Waals surface area contributed by atoms with Crippen molar-refractivity contribution in [3.8, 4) is 0 Å². The molecule has 0 aromatic heterocycles. The van der Waals surface area contributed by atoms with Gasteiger partial charge in [-0.05, 0) is 30.9 Å². The van der Waals surface area contributed by atoms with Crippen molar-refractivity contribution in [3.05, 3.63) is 35.4 Å². The molecule has 0 amide bonds. The summed E-state index contributed by atoms with van der Waals surface area (Å²) >= 11 is 0. The summed E-state index contributed by atoms with van der Waals surface area (Å²) in [7, 11) is 0. The Morgan fingerprint density at radius 2 is 1.48 bits per heavy atom. The van der Waals surface area contributed by atoms with Gasteiger partial charge in [-0.2, -0.15) is 0 Å². The number of piperazine rings is 1. The molecule has 1 aromatic carbocycles. The molecule has 3 rings (SSSR count). The second-order valence-electron chi connectivity index (χ2n) is 7.49. The SMILES string of the molecule is Cc1ccccc1CN1CCN(C2CCCCCC2)CC1.O=C(O)C(=O)O. The summed E-state index contributed by atoms with van der Waals surface area (Å²) in [5, 5.41) is 14.8. The van der Waals surface area contributed by atoms with Crippen LogP contribution in [0.25, 0.3) is 0 Å². The fourth-order valence-corrected chi connectivity index (χ4v) is 3.94. The summed E-state index contributed by atoms with van der Waals surface area (Å²) in [6.07, 6.45) is 8.71. The van der Waals surface area contributed by atoms with Crippen molar-refractivity contribution in [2.24, 2.45) is 0 Å². The Morgan fingerprint density at radius 3 is 2.00 bits per heavy atom. The van der Waals surface area contributed by atoms with E-state index in [9.17, 15) is 0 Å². The number of carboxylic acid groups (broad SMARTS) is 2. The topological polar surface area (TPSA) is 81.1 Å². The van der Waals surface area contributed by atoms with Crippen LogP contribution in [0.4, 0.5) is 0 Å². The number of carboxylic acids is 2. The number of aliphatic carboxylic acids is 2. The molecule has 1 aliphatic heterocycles. The fourth-order valence-electron chi connectivity index (χ4n) is 3.94. The molecule has 0 spiro atoms. The highest BCUT2D eigenvalue weighted by atomic mass is 16.4. The van der Waals surface area contributed by atoms with Gasteiger partial charge in [-0.1, -0.05) is 49.9 Å². The molecule has 2 fully saturated rings. The smallest absolute Gasteiger partial charge is 0.414 e. The minimum atomic E-state index is -1.82. The maximum absolute atomic E-state index is 9.10. The van der Waals surface area contributed by atoms with Crippen LogP contribution in [0, 0.1) is 6.92 Å². The molecule has 2 aliphatic rings. The molecule has 0 radical (unpaired) electrons. The first kappa shape index (κ1) is 21.4. The maximum Gasteiger partial charge on any atom is 0.414 e. The van der Waals surface area contributed by atoms with Crippen molar-refractivity contribution < 1.29 is 19.8 Å². The number of nitrogens with zero attached hydrogens (tertiary/aromatic N) is 2.